The Morgan fingerprint density at radius 3 is 2.42 bits per heavy atom. The van der Waals surface area contributed by atoms with Crippen molar-refractivity contribution in [1.82, 2.24) is 0 Å². The van der Waals surface area contributed by atoms with Gasteiger partial charge in [-0.1, -0.05) is 42.5 Å². The molecule has 0 saturated carbocycles. The van der Waals surface area contributed by atoms with Gasteiger partial charge in [-0.2, -0.15) is 0 Å². The molecule has 0 amide bonds. The molecule has 0 fully saturated rings. The van der Waals surface area contributed by atoms with Gasteiger partial charge in [-0.25, -0.2) is 0 Å². The van der Waals surface area contributed by atoms with Crippen LogP contribution < -0.4 is 0 Å². The molecule has 0 unspecified atom stereocenters. The fourth-order valence-corrected chi connectivity index (χ4v) is 1.10. The van der Waals surface area contributed by atoms with Gasteiger partial charge in [0.15, 0.2) is 0 Å². The average Bonchev–Trinajstić information content (AvgIpc) is 2.21. The monoisotopic (exact) mass is 151 g/mol. The highest BCUT2D eigenvalue weighted by Gasteiger charge is 1.92. The first-order valence-corrected chi connectivity index (χ1v) is 3.82. The molecule has 2 aromatic rings. The maximum absolute atomic E-state index is 3.00. The van der Waals surface area contributed by atoms with Crippen molar-refractivity contribution in [2.45, 2.75) is 0 Å². The zero-order valence-corrected chi connectivity index (χ0v) is 6.54. The Balaban J connectivity index is 2.46. The van der Waals surface area contributed by atoms with Crippen molar-refractivity contribution in [2.24, 2.45) is 0 Å². The van der Waals surface area contributed by atoms with Crippen LogP contribution in [0.1, 0.15) is 0 Å². The summed E-state index contributed by atoms with van der Waals surface area (Å²) in [5.74, 6) is 0. The van der Waals surface area contributed by atoms with Crippen molar-refractivity contribution >= 4 is 0 Å². The van der Waals surface area contributed by atoms with Crippen molar-refractivity contribution in [3.05, 3.63) is 60.7 Å². The summed E-state index contributed by atoms with van der Waals surface area (Å²) in [6.45, 7) is 0. The van der Waals surface area contributed by atoms with Crippen LogP contribution in [0.3, 0.4) is 0 Å². The molecule has 0 aromatic heterocycles. The number of rotatable bonds is 1. The van der Waals surface area contributed by atoms with E-state index >= 15 is 0 Å². The zero-order valence-electron chi connectivity index (χ0n) is 6.54. The van der Waals surface area contributed by atoms with E-state index in [0.717, 1.165) is 5.56 Å². The predicted octanol–water partition coefficient (Wildman–Crippen LogP) is 2.75. The van der Waals surface area contributed by atoms with Crippen molar-refractivity contribution < 1.29 is 0 Å². The second-order valence-corrected chi connectivity index (χ2v) is 2.51. The van der Waals surface area contributed by atoms with E-state index in [-0.39, 0.29) is 0 Å². The van der Waals surface area contributed by atoms with E-state index < -0.39 is 0 Å². The van der Waals surface area contributed by atoms with Crippen molar-refractivity contribution in [3.8, 4) is 11.1 Å². The van der Waals surface area contributed by atoms with Crippen LogP contribution in [0.4, 0.5) is 0 Å². The third kappa shape index (κ3) is 1.37. The fourth-order valence-electron chi connectivity index (χ4n) is 1.10. The molecule has 0 bridgehead atoms. The predicted molar refractivity (Wildman–Crippen MR) is 48.4 cm³/mol. The minimum absolute atomic E-state index is 1.06. The van der Waals surface area contributed by atoms with E-state index in [9.17, 15) is 0 Å². The van der Waals surface area contributed by atoms with Crippen LogP contribution in [0.15, 0.2) is 42.5 Å². The lowest BCUT2D eigenvalue weighted by molar-refractivity contribution is 1.59. The molecule has 0 aliphatic carbocycles. The Kier molecular flexibility index (Phi) is 1.91. The van der Waals surface area contributed by atoms with Crippen LogP contribution in [0.5, 0.6) is 0 Å². The highest BCUT2D eigenvalue weighted by molar-refractivity contribution is 5.61. The third-order valence-electron chi connectivity index (χ3n) is 1.69. The second kappa shape index (κ2) is 3.22. The second-order valence-electron chi connectivity index (χ2n) is 2.51. The van der Waals surface area contributed by atoms with Gasteiger partial charge in [0.2, 0.25) is 0 Å². The first kappa shape index (κ1) is 7.11. The molecule has 0 heterocycles. The molecule has 0 atom stereocenters. The molecule has 12 heavy (non-hydrogen) atoms. The maximum Gasteiger partial charge on any atom is -0.000718 e. The molecule has 2 rings (SSSR count). The summed E-state index contributed by atoms with van der Waals surface area (Å²) in [7, 11) is 0. The SMILES string of the molecule is [c]1[c]ccc(-c2ccccc2)[c]1. The Morgan fingerprint density at radius 1 is 0.917 bits per heavy atom. The van der Waals surface area contributed by atoms with Gasteiger partial charge < -0.3 is 0 Å². The van der Waals surface area contributed by atoms with E-state index in [0.29, 0.717) is 0 Å². The van der Waals surface area contributed by atoms with Crippen molar-refractivity contribution in [1.29, 1.82) is 0 Å². The Bertz CT molecular complexity index is 297. The first-order valence-electron chi connectivity index (χ1n) is 3.82. The Morgan fingerprint density at radius 2 is 1.75 bits per heavy atom. The van der Waals surface area contributed by atoms with Crippen LogP contribution in [-0.4, -0.2) is 0 Å². The lowest BCUT2D eigenvalue weighted by Crippen LogP contribution is -1.74. The van der Waals surface area contributed by atoms with Gasteiger partial charge in [0, 0.05) is 0 Å². The quantitative estimate of drug-likeness (QED) is 0.588. The minimum atomic E-state index is 1.06. The van der Waals surface area contributed by atoms with Crippen molar-refractivity contribution in [2.75, 3.05) is 0 Å². The molecule has 0 N–H and O–H groups in total. The standard InChI is InChI=1S/C12H7/c1-3-7-11(8-4-1)12-9-5-2-6-10-12/h1,3-5,7-9H. The van der Waals surface area contributed by atoms with E-state index in [1.54, 1.807) is 0 Å². The first-order chi connectivity index (χ1) is 5.97. The fraction of sp³-hybridized carbons (Fsp3) is 0. The normalized spacial score (nSPS) is 9.67. The van der Waals surface area contributed by atoms with Crippen LogP contribution >= 0.6 is 0 Å². The van der Waals surface area contributed by atoms with Gasteiger partial charge in [-0.15, -0.1) is 0 Å². The van der Waals surface area contributed by atoms with Crippen LogP contribution in [0.2, 0.25) is 0 Å². The van der Waals surface area contributed by atoms with E-state index in [1.165, 1.54) is 5.56 Å². The molecule has 0 aliphatic rings. The molecule has 55 valence electrons. The summed E-state index contributed by atoms with van der Waals surface area (Å²) in [6.07, 6.45) is 0. The Hall–Kier alpha value is -1.56. The summed E-state index contributed by atoms with van der Waals surface area (Å²) < 4.78 is 0. The zero-order chi connectivity index (χ0) is 8.23. The summed E-state index contributed by atoms with van der Waals surface area (Å²) in [5, 5.41) is 0. The molecule has 0 heteroatoms. The summed E-state index contributed by atoms with van der Waals surface area (Å²) >= 11 is 0. The van der Waals surface area contributed by atoms with Crippen LogP contribution in [0, 0.1) is 18.2 Å². The van der Waals surface area contributed by atoms with Crippen LogP contribution in [-0.2, 0) is 0 Å². The summed E-state index contributed by atoms with van der Waals surface area (Å²) in [5.41, 5.74) is 2.23. The molecular formula is C12H7. The summed E-state index contributed by atoms with van der Waals surface area (Å²) in [6, 6.07) is 22.6. The maximum atomic E-state index is 3.00. The number of benzene rings is 2. The highest BCUT2D eigenvalue weighted by atomic mass is 14.0. The molecule has 2 aromatic carbocycles. The van der Waals surface area contributed by atoms with Crippen molar-refractivity contribution in [3.63, 3.8) is 0 Å². The molecule has 0 spiro atoms. The van der Waals surface area contributed by atoms with Crippen LogP contribution in [0.25, 0.3) is 11.1 Å². The highest BCUT2D eigenvalue weighted by Crippen LogP contribution is 2.16. The van der Waals surface area contributed by atoms with E-state index in [1.807, 2.05) is 30.3 Å². The number of hydrogen-bond acceptors (Lipinski definition) is 0. The van der Waals surface area contributed by atoms with Gasteiger partial charge in [0.25, 0.3) is 0 Å². The topological polar surface area (TPSA) is 0 Å². The van der Waals surface area contributed by atoms with E-state index in [2.05, 4.69) is 30.3 Å². The van der Waals surface area contributed by atoms with Gasteiger partial charge in [0.1, 0.15) is 0 Å². The lowest BCUT2D eigenvalue weighted by Gasteiger charge is -1.97. The van der Waals surface area contributed by atoms with E-state index in [4.69, 9.17) is 0 Å². The smallest absolute Gasteiger partial charge is 0.000718 e. The largest absolute Gasteiger partial charge is 0.0622 e. The molecule has 3 radical (unpaired) electrons. The third-order valence-corrected chi connectivity index (χ3v) is 1.69. The molecule has 0 saturated heterocycles. The lowest BCUT2D eigenvalue weighted by atomic mass is 10.1. The van der Waals surface area contributed by atoms with Gasteiger partial charge >= 0.3 is 0 Å². The molecule has 0 aliphatic heterocycles. The summed E-state index contributed by atoms with van der Waals surface area (Å²) in [4.78, 5) is 0. The Labute approximate surface area is 72.5 Å². The van der Waals surface area contributed by atoms with Gasteiger partial charge in [0.05, 0.1) is 0 Å². The molecular weight excluding hydrogens is 144 g/mol. The molecule has 0 nitrogen and oxygen atoms in total. The average molecular weight is 151 g/mol. The number of hydrogen-bond donors (Lipinski definition) is 0. The van der Waals surface area contributed by atoms with Gasteiger partial charge in [-0.05, 0) is 29.3 Å². The minimum Gasteiger partial charge on any atom is -0.0622 e. The van der Waals surface area contributed by atoms with Gasteiger partial charge in [-0.3, -0.25) is 0 Å².